The smallest absolute Gasteiger partial charge is 0.344 e. The number of thioether (sulfide) groups is 1. The number of anilines is 1. The normalized spacial score (nSPS) is 12.0. The summed E-state index contributed by atoms with van der Waals surface area (Å²) in [5.74, 6) is -3.50. The highest BCUT2D eigenvalue weighted by molar-refractivity contribution is 7.99. The van der Waals surface area contributed by atoms with E-state index in [1.165, 1.54) is 18.2 Å². The monoisotopic (exact) mass is 576 g/mol. The van der Waals surface area contributed by atoms with Gasteiger partial charge in [0.2, 0.25) is 17.6 Å². The molecule has 0 aromatic heterocycles. The van der Waals surface area contributed by atoms with E-state index in [1.807, 2.05) is 0 Å². The highest BCUT2D eigenvalue weighted by Crippen LogP contribution is 2.23. The molecule has 0 unspecified atom stereocenters. The molecule has 1 atom stereocenters. The molecule has 0 aliphatic rings. The quantitative estimate of drug-likeness (QED) is 0.209. The van der Waals surface area contributed by atoms with Crippen molar-refractivity contribution in [1.29, 1.82) is 0 Å². The number of hydrogen-bond acceptors (Lipinski definition) is 5. The van der Waals surface area contributed by atoms with Crippen LogP contribution in [-0.4, -0.2) is 47.1 Å². The lowest BCUT2D eigenvalue weighted by atomic mass is 10.1. The first-order chi connectivity index (χ1) is 17.5. The van der Waals surface area contributed by atoms with Gasteiger partial charge in [-0.2, -0.15) is 24.9 Å². The molecule has 12 heteroatoms. The summed E-state index contributed by atoms with van der Waals surface area (Å²) in [6.07, 6.45) is -4.09. The number of hydrogen-bond donors (Lipinski definition) is 2. The van der Waals surface area contributed by atoms with Crippen LogP contribution in [0.3, 0.4) is 0 Å². The summed E-state index contributed by atoms with van der Waals surface area (Å²) >= 11 is 12.7. The molecule has 0 heterocycles. The van der Waals surface area contributed by atoms with Crippen LogP contribution < -0.4 is 10.6 Å². The first-order valence-electron chi connectivity index (χ1n) is 11.3. The molecule has 0 fully saturated rings. The van der Waals surface area contributed by atoms with Crippen LogP contribution in [0.1, 0.15) is 42.5 Å². The Bertz CT molecular complexity index is 1080. The van der Waals surface area contributed by atoms with Crippen LogP contribution in [0.5, 0.6) is 0 Å². The third-order valence-corrected chi connectivity index (χ3v) is 6.50. The summed E-state index contributed by atoms with van der Waals surface area (Å²) in [5.41, 5.74) is 0.849. The van der Waals surface area contributed by atoms with Crippen LogP contribution in [0.15, 0.2) is 48.5 Å². The molecule has 0 saturated heterocycles. The van der Waals surface area contributed by atoms with Crippen molar-refractivity contribution in [3.05, 3.63) is 64.1 Å². The maximum absolute atomic E-state index is 12.9. The van der Waals surface area contributed by atoms with Gasteiger partial charge in [0.05, 0.1) is 5.75 Å². The zero-order valence-corrected chi connectivity index (χ0v) is 21.9. The first-order valence-corrected chi connectivity index (χ1v) is 13.2. The van der Waals surface area contributed by atoms with Crippen LogP contribution in [0.25, 0.3) is 0 Å². The number of Topliss-reactive ketones (excluding diaryl/α,β-unsaturated/α-hetero) is 2. The van der Waals surface area contributed by atoms with E-state index in [9.17, 15) is 32.3 Å². The average Bonchev–Trinajstić information content (AvgIpc) is 2.82. The number of carbonyl (C=O) groups is 4. The van der Waals surface area contributed by atoms with Crippen molar-refractivity contribution < 1.29 is 32.3 Å². The number of benzene rings is 2. The fourth-order valence-electron chi connectivity index (χ4n) is 3.20. The lowest BCUT2D eigenvalue weighted by Gasteiger charge is -2.19. The molecule has 2 aromatic rings. The van der Waals surface area contributed by atoms with E-state index in [1.54, 1.807) is 30.3 Å². The summed E-state index contributed by atoms with van der Waals surface area (Å²) in [5, 5.41) is 5.81. The number of carbonyl (C=O) groups excluding carboxylic acids is 4. The van der Waals surface area contributed by atoms with E-state index in [2.05, 4.69) is 10.6 Å². The van der Waals surface area contributed by atoms with E-state index < -0.39 is 35.6 Å². The van der Waals surface area contributed by atoms with Gasteiger partial charge in [0.1, 0.15) is 6.04 Å². The number of ketones is 2. The van der Waals surface area contributed by atoms with Crippen LogP contribution in [0, 0.1) is 0 Å². The van der Waals surface area contributed by atoms with Gasteiger partial charge in [0.15, 0.2) is 5.78 Å². The first kappa shape index (κ1) is 30.7. The van der Waals surface area contributed by atoms with E-state index in [4.69, 9.17) is 23.2 Å². The van der Waals surface area contributed by atoms with Gasteiger partial charge in [-0.05, 0) is 43.2 Å². The van der Waals surface area contributed by atoms with Crippen molar-refractivity contribution in [2.24, 2.45) is 0 Å². The van der Waals surface area contributed by atoms with Crippen molar-refractivity contribution in [3.8, 4) is 0 Å². The second-order valence-corrected chi connectivity index (χ2v) is 10.0. The molecule has 0 saturated carbocycles. The van der Waals surface area contributed by atoms with Gasteiger partial charge in [-0.1, -0.05) is 53.5 Å². The molecule has 200 valence electrons. The van der Waals surface area contributed by atoms with Gasteiger partial charge in [-0.15, -0.1) is 0 Å². The van der Waals surface area contributed by atoms with Gasteiger partial charge in [0.25, 0.3) is 0 Å². The number of amides is 2. The largest absolute Gasteiger partial charge is 0.450 e. The van der Waals surface area contributed by atoms with Gasteiger partial charge >= 0.3 is 6.18 Å². The Morgan fingerprint density at radius 2 is 1.57 bits per heavy atom. The van der Waals surface area contributed by atoms with Gasteiger partial charge in [-0.3, -0.25) is 19.2 Å². The number of nitrogens with one attached hydrogen (secondary N) is 2. The molecule has 0 aliphatic carbocycles. The average molecular weight is 577 g/mol. The summed E-state index contributed by atoms with van der Waals surface area (Å²) in [6.45, 7) is 0. The summed E-state index contributed by atoms with van der Waals surface area (Å²) in [6, 6.07) is 12.1. The zero-order chi connectivity index (χ0) is 27.4. The van der Waals surface area contributed by atoms with Crippen LogP contribution in [0.4, 0.5) is 18.9 Å². The summed E-state index contributed by atoms with van der Waals surface area (Å²) < 4.78 is 37.0. The zero-order valence-electron chi connectivity index (χ0n) is 19.6. The Labute approximate surface area is 226 Å². The van der Waals surface area contributed by atoms with E-state index in [0.717, 1.165) is 11.8 Å². The van der Waals surface area contributed by atoms with Crippen molar-refractivity contribution in [2.45, 2.75) is 44.3 Å². The molecule has 6 nitrogen and oxygen atoms in total. The van der Waals surface area contributed by atoms with E-state index >= 15 is 0 Å². The van der Waals surface area contributed by atoms with Crippen LogP contribution in [0.2, 0.25) is 10.0 Å². The molecule has 0 bridgehead atoms. The molecule has 0 aliphatic heterocycles. The van der Waals surface area contributed by atoms with Crippen molar-refractivity contribution >= 4 is 64.0 Å². The molecule has 2 N–H and O–H groups in total. The fraction of sp³-hybridized carbons (Fsp3) is 0.360. The SMILES string of the molecule is O=C(CCCC(=O)c1ccccc1)N[C@@H](CCCSCC(=O)C(F)(F)F)C(=O)Nc1cc(Cl)cc(Cl)c1. The third kappa shape index (κ3) is 11.6. The van der Waals surface area contributed by atoms with Gasteiger partial charge in [0, 0.05) is 34.1 Å². The van der Waals surface area contributed by atoms with E-state index in [0.29, 0.717) is 11.3 Å². The second kappa shape index (κ2) is 15.0. The molecule has 37 heavy (non-hydrogen) atoms. The lowest BCUT2D eigenvalue weighted by molar-refractivity contribution is -0.167. The minimum atomic E-state index is -4.89. The highest BCUT2D eigenvalue weighted by Gasteiger charge is 2.37. The highest BCUT2D eigenvalue weighted by atomic mass is 35.5. The van der Waals surface area contributed by atoms with Gasteiger partial charge in [-0.25, -0.2) is 0 Å². The van der Waals surface area contributed by atoms with Crippen molar-refractivity contribution in [3.63, 3.8) is 0 Å². The minimum Gasteiger partial charge on any atom is -0.344 e. The number of alkyl halides is 3. The standard InChI is InChI=1S/C25H25Cl2F3N2O4S/c26-17-12-18(27)14-19(13-17)31-24(36)20(8-5-11-37-15-22(34)25(28,29)30)32-23(35)10-4-9-21(33)16-6-2-1-3-7-16/h1-3,6-7,12-14,20H,4-5,8-11,15H2,(H,31,36)(H,32,35)/t20-/m0/s1. The molecule has 2 amide bonds. The van der Waals surface area contributed by atoms with Gasteiger partial charge < -0.3 is 10.6 Å². The maximum Gasteiger partial charge on any atom is 0.450 e. The topological polar surface area (TPSA) is 92.3 Å². The Kier molecular flexibility index (Phi) is 12.4. The maximum atomic E-state index is 12.9. The fourth-order valence-corrected chi connectivity index (χ4v) is 4.60. The predicted octanol–water partition coefficient (Wildman–Crippen LogP) is 6.11. The predicted molar refractivity (Wildman–Crippen MR) is 139 cm³/mol. The molecule has 0 radical (unpaired) electrons. The van der Waals surface area contributed by atoms with Crippen molar-refractivity contribution in [2.75, 3.05) is 16.8 Å². The Balaban J connectivity index is 1.92. The number of rotatable bonds is 14. The molecule has 2 rings (SSSR count). The molecule has 0 spiro atoms. The molecule has 2 aromatic carbocycles. The van der Waals surface area contributed by atoms with E-state index in [-0.39, 0.29) is 53.7 Å². The van der Waals surface area contributed by atoms with Crippen LogP contribution >= 0.6 is 35.0 Å². The molecular weight excluding hydrogens is 552 g/mol. The Hall–Kier alpha value is -2.56. The summed E-state index contributed by atoms with van der Waals surface area (Å²) in [4.78, 5) is 48.6. The Morgan fingerprint density at radius 1 is 0.919 bits per heavy atom. The second-order valence-electron chi connectivity index (χ2n) is 8.03. The third-order valence-electron chi connectivity index (χ3n) is 5.02. The Morgan fingerprint density at radius 3 is 2.19 bits per heavy atom. The minimum absolute atomic E-state index is 0.000180. The summed E-state index contributed by atoms with van der Waals surface area (Å²) in [7, 11) is 0. The number of halogens is 5. The molecular formula is C25H25Cl2F3N2O4S. The van der Waals surface area contributed by atoms with Crippen LogP contribution in [-0.2, 0) is 14.4 Å². The lowest BCUT2D eigenvalue weighted by Crippen LogP contribution is -2.43. The van der Waals surface area contributed by atoms with Crippen molar-refractivity contribution in [1.82, 2.24) is 5.32 Å².